The third kappa shape index (κ3) is 8.48. The lowest BCUT2D eigenvalue weighted by Gasteiger charge is -2.27. The van der Waals surface area contributed by atoms with Crippen molar-refractivity contribution in [3.63, 3.8) is 0 Å². The lowest BCUT2D eigenvalue weighted by atomic mass is 9.78. The molecule has 296 valence electrons. The van der Waals surface area contributed by atoms with Gasteiger partial charge in [-0.3, -0.25) is 0 Å². The van der Waals surface area contributed by atoms with Crippen molar-refractivity contribution in [1.82, 2.24) is 0 Å². The molecule has 0 bridgehead atoms. The molecule has 5 aromatic carbocycles. The molecule has 0 aliphatic heterocycles. The second-order valence-electron chi connectivity index (χ2n) is 17.1. The largest absolute Gasteiger partial charge is 0.441 e. The Balaban J connectivity index is 2.03. The first-order valence-corrected chi connectivity index (χ1v) is 23.1. The molecular formula is C51H70O3P+. The van der Waals surface area contributed by atoms with Crippen LogP contribution in [0, 0.1) is 6.92 Å². The first-order chi connectivity index (χ1) is 26.0. The molecule has 6 atom stereocenters. The van der Waals surface area contributed by atoms with Crippen LogP contribution in [0.15, 0.2) is 60.7 Å². The lowest BCUT2D eigenvalue weighted by Crippen LogP contribution is -2.16. The van der Waals surface area contributed by atoms with Crippen molar-refractivity contribution in [2.45, 2.75) is 164 Å². The van der Waals surface area contributed by atoms with E-state index in [0.29, 0.717) is 23.7 Å². The van der Waals surface area contributed by atoms with Crippen LogP contribution in [0.1, 0.15) is 196 Å². The van der Waals surface area contributed by atoms with E-state index in [1.54, 1.807) is 6.07 Å². The summed E-state index contributed by atoms with van der Waals surface area (Å²) in [6, 6.07) is 23.0. The number of hydrogen-bond donors (Lipinski definition) is 3. The first kappa shape index (κ1) is 43.1. The highest BCUT2D eigenvalue weighted by Gasteiger charge is 2.40. The zero-order valence-corrected chi connectivity index (χ0v) is 37.2. The summed E-state index contributed by atoms with van der Waals surface area (Å²) < 4.78 is 0. The highest BCUT2D eigenvalue weighted by Crippen LogP contribution is 2.52. The number of rotatable bonds is 15. The predicted molar refractivity (Wildman–Crippen MR) is 243 cm³/mol. The van der Waals surface area contributed by atoms with E-state index >= 15 is 0 Å². The Morgan fingerprint density at radius 2 is 0.800 bits per heavy atom. The first-order valence-electron chi connectivity index (χ1n) is 21.5. The molecule has 0 saturated heterocycles. The van der Waals surface area contributed by atoms with Crippen LogP contribution in [-0.4, -0.2) is 14.7 Å². The molecule has 3 N–H and O–H groups in total. The Bertz CT molecular complexity index is 2140. The van der Waals surface area contributed by atoms with Crippen LogP contribution in [0.5, 0.6) is 0 Å². The van der Waals surface area contributed by atoms with Gasteiger partial charge in [0.2, 0.25) is 0 Å². The van der Waals surface area contributed by atoms with E-state index in [4.69, 9.17) is 0 Å². The Labute approximate surface area is 334 Å². The maximum atomic E-state index is 11.4. The van der Waals surface area contributed by atoms with Gasteiger partial charge in [0.15, 0.2) is 5.30 Å². The zero-order valence-electron chi connectivity index (χ0n) is 36.3. The van der Waals surface area contributed by atoms with Crippen LogP contribution >= 0.6 is 7.94 Å². The maximum Gasteiger partial charge on any atom is 0.441 e. The van der Waals surface area contributed by atoms with Gasteiger partial charge in [0, 0.05) is 5.56 Å². The van der Waals surface area contributed by atoms with Gasteiger partial charge in [-0.2, -0.15) is 14.7 Å². The van der Waals surface area contributed by atoms with Crippen molar-refractivity contribution in [1.29, 1.82) is 0 Å². The number of hydrogen-bond acceptors (Lipinski definition) is 3. The van der Waals surface area contributed by atoms with Gasteiger partial charge in [0.1, 0.15) is 0 Å². The summed E-state index contributed by atoms with van der Waals surface area (Å²) in [4.78, 5) is 34.1. The minimum atomic E-state index is -4.46. The van der Waals surface area contributed by atoms with Crippen LogP contribution in [0.3, 0.4) is 0 Å². The minimum absolute atomic E-state index is 0.199. The molecule has 0 amide bonds. The molecule has 4 heteroatoms. The van der Waals surface area contributed by atoms with E-state index in [1.165, 1.54) is 54.9 Å². The molecule has 0 aromatic heterocycles. The highest BCUT2D eigenvalue weighted by atomic mass is 31.2. The SMILES string of the molecule is CCC(C)c1cc(C(C)CC)c2cc(-c3c(C)ccc([P+](O)(O)O)c3-c3cc4c(C(C)CC)cc(C(C)CC)cc4cc3C(C)CC)c(C(C)CC)cc2c1. The van der Waals surface area contributed by atoms with Crippen molar-refractivity contribution in [3.8, 4) is 22.3 Å². The summed E-state index contributed by atoms with van der Waals surface area (Å²) in [5.41, 5.74) is 12.8. The van der Waals surface area contributed by atoms with Crippen LogP contribution in [0.25, 0.3) is 43.8 Å². The van der Waals surface area contributed by atoms with Gasteiger partial charge in [0.05, 0.1) is 0 Å². The number of aryl methyl sites for hydroxylation is 1. The van der Waals surface area contributed by atoms with E-state index in [0.717, 1.165) is 66.3 Å². The average molecular weight is 762 g/mol. The minimum Gasteiger partial charge on any atom is -0.189 e. The molecule has 0 aliphatic rings. The molecule has 0 spiro atoms. The summed E-state index contributed by atoms with van der Waals surface area (Å²) >= 11 is 0. The standard InChI is InChI=1S/C51H70O3P/c1-14-30(7)37-22-39-26-43(34(11)18-5)47(28-45(39)41(24-37)32(9)16-3)50-36(13)20-21-49(55(52,53)54)51(50)48-29-46-40(27-44(48)35(12)19-6)23-38(31(8)15-2)25-42(46)33(10)17-4/h20-35,52-54H,14-19H2,1-13H3/q+1. The smallest absolute Gasteiger partial charge is 0.189 e. The molecule has 0 radical (unpaired) electrons. The van der Waals surface area contributed by atoms with Gasteiger partial charge >= 0.3 is 7.94 Å². The summed E-state index contributed by atoms with van der Waals surface area (Å²) in [7, 11) is -4.46. The second kappa shape index (κ2) is 17.6. The fourth-order valence-corrected chi connectivity index (χ4v) is 9.32. The highest BCUT2D eigenvalue weighted by molar-refractivity contribution is 7.67. The lowest BCUT2D eigenvalue weighted by molar-refractivity contribution is 0.347. The molecule has 0 saturated carbocycles. The molecule has 3 nitrogen and oxygen atoms in total. The van der Waals surface area contributed by atoms with Crippen molar-refractivity contribution < 1.29 is 14.7 Å². The van der Waals surface area contributed by atoms with Gasteiger partial charge in [-0.15, -0.1) is 0 Å². The van der Waals surface area contributed by atoms with E-state index in [9.17, 15) is 14.7 Å². The Hall–Kier alpha value is -3.07. The zero-order chi connectivity index (χ0) is 40.5. The third-order valence-corrected chi connectivity index (χ3v) is 14.6. The van der Waals surface area contributed by atoms with E-state index < -0.39 is 7.94 Å². The van der Waals surface area contributed by atoms with Crippen molar-refractivity contribution >= 4 is 34.8 Å². The Morgan fingerprint density at radius 3 is 1.16 bits per heavy atom. The molecule has 55 heavy (non-hydrogen) atoms. The van der Waals surface area contributed by atoms with Crippen molar-refractivity contribution in [3.05, 3.63) is 99.6 Å². The van der Waals surface area contributed by atoms with Crippen LogP contribution in [0.4, 0.5) is 0 Å². The predicted octanol–water partition coefficient (Wildman–Crippen LogP) is 15.1. The molecule has 6 unspecified atom stereocenters. The van der Waals surface area contributed by atoms with E-state index in [2.05, 4.69) is 139 Å². The van der Waals surface area contributed by atoms with Gasteiger partial charge in [0.25, 0.3) is 0 Å². The Kier molecular flexibility index (Phi) is 13.8. The van der Waals surface area contributed by atoms with Crippen molar-refractivity contribution in [2.75, 3.05) is 0 Å². The monoisotopic (exact) mass is 762 g/mol. The summed E-state index contributed by atoms with van der Waals surface area (Å²) in [6.45, 7) is 29.6. The maximum absolute atomic E-state index is 11.4. The van der Waals surface area contributed by atoms with E-state index in [-0.39, 0.29) is 17.1 Å². The fourth-order valence-electron chi connectivity index (χ4n) is 8.51. The molecule has 0 heterocycles. The van der Waals surface area contributed by atoms with Gasteiger partial charge < -0.3 is 0 Å². The average Bonchev–Trinajstić information content (AvgIpc) is 3.19. The molecular weight excluding hydrogens is 692 g/mol. The van der Waals surface area contributed by atoms with Crippen LogP contribution < -0.4 is 5.30 Å². The Morgan fingerprint density at radius 1 is 0.436 bits per heavy atom. The fraction of sp³-hybridized carbons (Fsp3) is 0.490. The second-order valence-corrected chi connectivity index (χ2v) is 18.7. The van der Waals surface area contributed by atoms with Gasteiger partial charge in [-0.1, -0.05) is 126 Å². The topological polar surface area (TPSA) is 60.7 Å². The van der Waals surface area contributed by atoms with Crippen LogP contribution in [0.2, 0.25) is 0 Å². The van der Waals surface area contributed by atoms with Crippen molar-refractivity contribution in [2.24, 2.45) is 0 Å². The number of benzene rings is 5. The van der Waals surface area contributed by atoms with Gasteiger partial charge in [-0.25, -0.2) is 0 Å². The normalized spacial score (nSPS) is 15.6. The molecule has 5 rings (SSSR count). The summed E-state index contributed by atoms with van der Waals surface area (Å²) in [5, 5.41) is 5.20. The quantitative estimate of drug-likeness (QED) is 0.0931. The molecule has 5 aromatic rings. The summed E-state index contributed by atoms with van der Waals surface area (Å²) in [6.07, 6.45) is 6.13. The molecule has 0 aliphatic carbocycles. The van der Waals surface area contributed by atoms with E-state index in [1.807, 2.05) is 6.07 Å². The summed E-state index contributed by atoms with van der Waals surface area (Å²) in [5.74, 6) is 2.10. The third-order valence-electron chi connectivity index (χ3n) is 13.5. The number of fused-ring (bicyclic) bond motifs is 2. The van der Waals surface area contributed by atoms with Gasteiger partial charge in [-0.05, 0) is 176 Å². The molecule has 0 fully saturated rings. The van der Waals surface area contributed by atoms with Crippen LogP contribution in [-0.2, 0) is 0 Å².